The van der Waals surface area contributed by atoms with Crippen molar-refractivity contribution in [2.45, 2.75) is 32.4 Å². The standard InChI is InChI=1S/C22H23F3N2O3/c1-2-3-11-30-19-9-7-17(8-10-19)26-21(29)15-12-20(28)27(14-15)18-6-4-5-16(13-18)22(23,24)25/h4-10,13,15H,2-3,11-12,14H2,1H3,(H,26,29)/t15-/m1/s1. The Balaban J connectivity index is 1.61. The van der Waals surface area contributed by atoms with Gasteiger partial charge in [0.2, 0.25) is 11.8 Å². The number of anilines is 2. The smallest absolute Gasteiger partial charge is 0.416 e. The summed E-state index contributed by atoms with van der Waals surface area (Å²) in [5.41, 5.74) is -0.131. The molecular formula is C22H23F3N2O3. The van der Waals surface area contributed by atoms with Crippen molar-refractivity contribution in [3.05, 3.63) is 54.1 Å². The van der Waals surface area contributed by atoms with Gasteiger partial charge in [0, 0.05) is 24.3 Å². The topological polar surface area (TPSA) is 58.6 Å². The molecule has 0 aromatic heterocycles. The van der Waals surface area contributed by atoms with Gasteiger partial charge in [-0.15, -0.1) is 0 Å². The SMILES string of the molecule is CCCCOc1ccc(NC(=O)[C@@H]2CC(=O)N(c3cccc(C(F)(F)F)c3)C2)cc1. The third kappa shape index (κ3) is 5.31. The first kappa shape index (κ1) is 21.7. The first-order chi connectivity index (χ1) is 14.3. The van der Waals surface area contributed by atoms with Crippen LogP contribution < -0.4 is 15.0 Å². The van der Waals surface area contributed by atoms with Crippen LogP contribution in [0.2, 0.25) is 0 Å². The zero-order valence-electron chi connectivity index (χ0n) is 16.5. The molecule has 1 aliphatic heterocycles. The normalized spacial score (nSPS) is 16.6. The van der Waals surface area contributed by atoms with Gasteiger partial charge in [0.05, 0.1) is 18.1 Å². The Bertz CT molecular complexity index is 897. The molecule has 2 amide bonds. The Hall–Kier alpha value is -3.03. The largest absolute Gasteiger partial charge is 0.494 e. The molecular weight excluding hydrogens is 397 g/mol. The van der Waals surface area contributed by atoms with E-state index in [1.54, 1.807) is 24.3 Å². The molecule has 0 bridgehead atoms. The molecule has 0 aliphatic carbocycles. The van der Waals surface area contributed by atoms with Gasteiger partial charge in [-0.1, -0.05) is 19.4 Å². The Labute approximate surface area is 172 Å². The lowest BCUT2D eigenvalue weighted by molar-refractivity contribution is -0.137. The van der Waals surface area contributed by atoms with Gasteiger partial charge in [0.15, 0.2) is 0 Å². The van der Waals surface area contributed by atoms with E-state index in [1.165, 1.54) is 17.0 Å². The second-order valence-corrected chi connectivity index (χ2v) is 7.17. The predicted octanol–water partition coefficient (Wildman–Crippen LogP) is 4.88. The molecule has 30 heavy (non-hydrogen) atoms. The van der Waals surface area contributed by atoms with Crippen molar-refractivity contribution in [3.63, 3.8) is 0 Å². The van der Waals surface area contributed by atoms with Gasteiger partial charge >= 0.3 is 6.18 Å². The minimum Gasteiger partial charge on any atom is -0.494 e. The number of nitrogens with one attached hydrogen (secondary N) is 1. The van der Waals surface area contributed by atoms with E-state index in [-0.39, 0.29) is 30.5 Å². The maximum atomic E-state index is 12.9. The highest BCUT2D eigenvalue weighted by Gasteiger charge is 2.37. The van der Waals surface area contributed by atoms with E-state index in [0.29, 0.717) is 18.0 Å². The average Bonchev–Trinajstić information content (AvgIpc) is 3.11. The number of carbonyl (C=O) groups is 2. The summed E-state index contributed by atoms with van der Waals surface area (Å²) in [6.07, 6.45) is -2.56. The Morgan fingerprint density at radius 2 is 1.93 bits per heavy atom. The molecule has 8 heteroatoms. The second-order valence-electron chi connectivity index (χ2n) is 7.17. The van der Waals surface area contributed by atoms with Crippen LogP contribution in [0.5, 0.6) is 5.75 Å². The van der Waals surface area contributed by atoms with Crippen LogP contribution in [0.3, 0.4) is 0 Å². The summed E-state index contributed by atoms with van der Waals surface area (Å²) in [4.78, 5) is 26.1. The molecule has 1 aliphatic rings. The minimum atomic E-state index is -4.50. The molecule has 1 fully saturated rings. The van der Waals surface area contributed by atoms with Crippen LogP contribution in [0, 0.1) is 5.92 Å². The van der Waals surface area contributed by atoms with Crippen LogP contribution in [-0.2, 0) is 15.8 Å². The molecule has 0 unspecified atom stereocenters. The van der Waals surface area contributed by atoms with Gasteiger partial charge in [-0.3, -0.25) is 9.59 Å². The van der Waals surface area contributed by atoms with Gasteiger partial charge < -0.3 is 15.0 Å². The molecule has 3 rings (SSSR count). The number of carbonyl (C=O) groups excluding carboxylic acids is 2. The highest BCUT2D eigenvalue weighted by molar-refractivity contribution is 6.03. The van der Waals surface area contributed by atoms with Crippen molar-refractivity contribution >= 4 is 23.2 Å². The van der Waals surface area contributed by atoms with Gasteiger partial charge in [-0.25, -0.2) is 0 Å². The monoisotopic (exact) mass is 420 g/mol. The van der Waals surface area contributed by atoms with Crippen molar-refractivity contribution < 1.29 is 27.5 Å². The average molecular weight is 420 g/mol. The summed E-state index contributed by atoms with van der Waals surface area (Å²) < 4.78 is 44.4. The van der Waals surface area contributed by atoms with Crippen molar-refractivity contribution in [2.75, 3.05) is 23.4 Å². The third-order valence-corrected chi connectivity index (χ3v) is 4.87. The lowest BCUT2D eigenvalue weighted by Gasteiger charge is -2.18. The molecule has 0 spiro atoms. The third-order valence-electron chi connectivity index (χ3n) is 4.87. The molecule has 1 atom stereocenters. The first-order valence-corrected chi connectivity index (χ1v) is 9.79. The number of hydrogen-bond acceptors (Lipinski definition) is 3. The molecule has 1 heterocycles. The second kappa shape index (κ2) is 9.19. The fourth-order valence-corrected chi connectivity index (χ4v) is 3.20. The number of unbranched alkanes of at least 4 members (excludes halogenated alkanes) is 1. The first-order valence-electron chi connectivity index (χ1n) is 9.79. The maximum Gasteiger partial charge on any atom is 0.416 e. The van der Waals surface area contributed by atoms with E-state index in [1.807, 2.05) is 0 Å². The molecule has 0 saturated carbocycles. The van der Waals surface area contributed by atoms with E-state index in [4.69, 9.17) is 4.74 Å². The number of nitrogens with zero attached hydrogens (tertiary/aromatic N) is 1. The molecule has 1 saturated heterocycles. The van der Waals surface area contributed by atoms with E-state index in [2.05, 4.69) is 12.2 Å². The van der Waals surface area contributed by atoms with Gasteiger partial charge in [0.1, 0.15) is 5.75 Å². The Morgan fingerprint density at radius 3 is 2.60 bits per heavy atom. The number of alkyl halides is 3. The predicted molar refractivity (Wildman–Crippen MR) is 107 cm³/mol. The molecule has 5 nitrogen and oxygen atoms in total. The highest BCUT2D eigenvalue weighted by Crippen LogP contribution is 2.33. The van der Waals surface area contributed by atoms with Crippen molar-refractivity contribution in [1.82, 2.24) is 0 Å². The number of rotatable bonds is 7. The van der Waals surface area contributed by atoms with E-state index < -0.39 is 17.7 Å². The molecule has 0 radical (unpaired) electrons. The van der Waals surface area contributed by atoms with Crippen LogP contribution in [0.15, 0.2) is 48.5 Å². The molecule has 160 valence electrons. The summed E-state index contributed by atoms with van der Waals surface area (Å²) in [5, 5.41) is 2.75. The number of ether oxygens (including phenoxy) is 1. The zero-order valence-corrected chi connectivity index (χ0v) is 16.5. The summed E-state index contributed by atoms with van der Waals surface area (Å²) >= 11 is 0. The van der Waals surface area contributed by atoms with Crippen molar-refractivity contribution in [1.29, 1.82) is 0 Å². The fraction of sp³-hybridized carbons (Fsp3) is 0.364. The van der Waals surface area contributed by atoms with Gasteiger partial charge in [-0.05, 0) is 48.9 Å². The summed E-state index contributed by atoms with van der Waals surface area (Å²) in [6, 6.07) is 11.5. The van der Waals surface area contributed by atoms with E-state index >= 15 is 0 Å². The summed E-state index contributed by atoms with van der Waals surface area (Å²) in [7, 11) is 0. The van der Waals surface area contributed by atoms with Gasteiger partial charge in [-0.2, -0.15) is 13.2 Å². The number of hydrogen-bond donors (Lipinski definition) is 1. The molecule has 2 aromatic rings. The Kier molecular flexibility index (Phi) is 6.64. The molecule has 2 aromatic carbocycles. The van der Waals surface area contributed by atoms with Crippen LogP contribution in [0.4, 0.5) is 24.5 Å². The van der Waals surface area contributed by atoms with E-state index in [9.17, 15) is 22.8 Å². The highest BCUT2D eigenvalue weighted by atomic mass is 19.4. The quantitative estimate of drug-likeness (QED) is 0.650. The maximum absolute atomic E-state index is 12.9. The summed E-state index contributed by atoms with van der Waals surface area (Å²) in [6.45, 7) is 2.73. The van der Waals surface area contributed by atoms with Crippen LogP contribution in [0.25, 0.3) is 0 Å². The Morgan fingerprint density at radius 1 is 1.20 bits per heavy atom. The van der Waals surface area contributed by atoms with Crippen LogP contribution in [-0.4, -0.2) is 25.0 Å². The van der Waals surface area contributed by atoms with Crippen molar-refractivity contribution in [2.24, 2.45) is 5.92 Å². The van der Waals surface area contributed by atoms with Crippen molar-refractivity contribution in [3.8, 4) is 5.75 Å². The van der Waals surface area contributed by atoms with Gasteiger partial charge in [0.25, 0.3) is 0 Å². The zero-order chi connectivity index (χ0) is 21.7. The van der Waals surface area contributed by atoms with E-state index in [0.717, 1.165) is 25.0 Å². The summed E-state index contributed by atoms with van der Waals surface area (Å²) in [5.74, 6) is -0.674. The number of amides is 2. The number of halogens is 3. The minimum absolute atomic E-state index is 0.0319. The lowest BCUT2D eigenvalue weighted by Crippen LogP contribution is -2.28. The number of benzene rings is 2. The van der Waals surface area contributed by atoms with Crippen LogP contribution >= 0.6 is 0 Å². The lowest BCUT2D eigenvalue weighted by atomic mass is 10.1. The molecule has 1 N–H and O–H groups in total. The van der Waals surface area contributed by atoms with Crippen LogP contribution in [0.1, 0.15) is 31.7 Å². The fourth-order valence-electron chi connectivity index (χ4n) is 3.20.